The molecule has 9 rings (SSSR count). The maximum Gasteiger partial charge on any atom is 0.143 e. The predicted molar refractivity (Wildman–Crippen MR) is 179 cm³/mol. The predicted octanol–water partition coefficient (Wildman–Crippen LogP) is 11.8. The number of furan rings is 2. The van der Waals surface area contributed by atoms with Gasteiger partial charge in [-0.1, -0.05) is 97.1 Å². The van der Waals surface area contributed by atoms with Gasteiger partial charge in [-0.05, 0) is 64.9 Å². The third-order valence-electron chi connectivity index (χ3n) is 8.43. The molecule has 202 valence electrons. The minimum absolute atomic E-state index is 0.853. The third-order valence-corrected chi connectivity index (χ3v) is 8.43. The number of nitrogens with zero attached hydrogens (tertiary/aromatic N) is 1. The summed E-state index contributed by atoms with van der Waals surface area (Å²) in [5.74, 6) is 0. The van der Waals surface area contributed by atoms with Crippen LogP contribution in [0.3, 0.4) is 0 Å². The second kappa shape index (κ2) is 9.37. The van der Waals surface area contributed by atoms with Crippen LogP contribution >= 0.6 is 0 Å². The van der Waals surface area contributed by atoms with Gasteiger partial charge in [0.1, 0.15) is 22.3 Å². The summed E-state index contributed by atoms with van der Waals surface area (Å²) in [7, 11) is 0. The zero-order valence-corrected chi connectivity index (χ0v) is 23.2. The van der Waals surface area contributed by atoms with Crippen molar-refractivity contribution in [1.29, 1.82) is 0 Å². The molecule has 0 saturated heterocycles. The van der Waals surface area contributed by atoms with E-state index in [4.69, 9.17) is 8.83 Å². The van der Waals surface area contributed by atoms with Crippen LogP contribution in [0.25, 0.3) is 65.8 Å². The molecule has 0 radical (unpaired) electrons. The Morgan fingerprint density at radius 3 is 1.98 bits per heavy atom. The van der Waals surface area contributed by atoms with Gasteiger partial charge < -0.3 is 13.7 Å². The molecule has 0 aliphatic heterocycles. The molecule has 43 heavy (non-hydrogen) atoms. The van der Waals surface area contributed by atoms with E-state index in [1.165, 1.54) is 10.8 Å². The highest BCUT2D eigenvalue weighted by Gasteiger charge is 2.21. The Hall–Kier alpha value is -5.80. The zero-order chi connectivity index (χ0) is 28.3. The summed E-state index contributed by atoms with van der Waals surface area (Å²) in [6, 6.07) is 52.9. The molecule has 0 atom stereocenters. The van der Waals surface area contributed by atoms with Crippen LogP contribution < -0.4 is 4.90 Å². The summed E-state index contributed by atoms with van der Waals surface area (Å²) in [6.07, 6.45) is 0. The highest BCUT2D eigenvalue weighted by molar-refractivity contribution is 6.23. The van der Waals surface area contributed by atoms with Gasteiger partial charge in [-0.15, -0.1) is 0 Å². The lowest BCUT2D eigenvalue weighted by Crippen LogP contribution is -2.10. The highest BCUT2D eigenvalue weighted by atomic mass is 16.3. The first-order chi connectivity index (χ1) is 21.3. The van der Waals surface area contributed by atoms with Gasteiger partial charge in [0.2, 0.25) is 0 Å². The Balaban J connectivity index is 1.33. The standard InChI is InChI=1S/C40H25NO2/c1-3-12-26(13-4-1)33-24-27-14-7-8-17-30(27)38-32-23-22-29(25-37(32)43-40(33)38)41(28-15-5-2-6-16-28)34-19-11-21-36-39(34)31-18-9-10-20-35(31)42-36/h1-25H. The van der Waals surface area contributed by atoms with Crippen LogP contribution in [0.4, 0.5) is 17.1 Å². The molecule has 0 bridgehead atoms. The van der Waals surface area contributed by atoms with Gasteiger partial charge in [-0.2, -0.15) is 0 Å². The largest absolute Gasteiger partial charge is 0.456 e. The molecule has 0 aliphatic carbocycles. The first-order valence-electron chi connectivity index (χ1n) is 14.5. The minimum atomic E-state index is 0.853. The average Bonchev–Trinajstić information content (AvgIpc) is 3.65. The molecule has 0 saturated carbocycles. The molecular weight excluding hydrogens is 526 g/mol. The van der Waals surface area contributed by atoms with Gasteiger partial charge in [0.15, 0.2) is 0 Å². The number of hydrogen-bond acceptors (Lipinski definition) is 3. The second-order valence-electron chi connectivity index (χ2n) is 10.9. The Labute approximate surface area is 247 Å². The smallest absolute Gasteiger partial charge is 0.143 e. The molecule has 0 N–H and O–H groups in total. The maximum absolute atomic E-state index is 6.81. The van der Waals surface area contributed by atoms with E-state index in [1.54, 1.807) is 0 Å². The topological polar surface area (TPSA) is 29.5 Å². The fourth-order valence-electron chi connectivity index (χ4n) is 6.53. The molecule has 3 heteroatoms. The molecular formula is C40H25NO2. The third kappa shape index (κ3) is 3.68. The molecule has 0 fully saturated rings. The summed E-state index contributed by atoms with van der Waals surface area (Å²) in [6.45, 7) is 0. The summed E-state index contributed by atoms with van der Waals surface area (Å²) >= 11 is 0. The summed E-state index contributed by atoms with van der Waals surface area (Å²) in [5.41, 5.74) is 8.88. The van der Waals surface area contributed by atoms with Gasteiger partial charge in [-0.25, -0.2) is 0 Å². The SMILES string of the molecule is c1ccc(-c2cc3ccccc3c3c2oc2cc(N(c4ccccc4)c4cccc5oc6ccccc6c45)ccc23)cc1. The van der Waals surface area contributed by atoms with Gasteiger partial charge >= 0.3 is 0 Å². The van der Waals surface area contributed by atoms with Crippen molar-refractivity contribution >= 4 is 71.7 Å². The maximum atomic E-state index is 6.81. The lowest BCUT2D eigenvalue weighted by Gasteiger charge is -2.26. The molecule has 2 aromatic heterocycles. The minimum Gasteiger partial charge on any atom is -0.456 e. The van der Waals surface area contributed by atoms with Crippen molar-refractivity contribution in [2.75, 3.05) is 4.90 Å². The van der Waals surface area contributed by atoms with Crippen LogP contribution in [0.1, 0.15) is 0 Å². The van der Waals surface area contributed by atoms with E-state index in [-0.39, 0.29) is 0 Å². The zero-order valence-electron chi connectivity index (χ0n) is 23.2. The van der Waals surface area contributed by atoms with Crippen LogP contribution in [-0.4, -0.2) is 0 Å². The fraction of sp³-hybridized carbons (Fsp3) is 0. The Bertz CT molecular complexity index is 2450. The number of benzene rings is 7. The van der Waals surface area contributed by atoms with Crippen molar-refractivity contribution in [2.24, 2.45) is 0 Å². The highest BCUT2D eigenvalue weighted by Crippen LogP contribution is 2.46. The fourth-order valence-corrected chi connectivity index (χ4v) is 6.53. The van der Waals surface area contributed by atoms with Crippen LogP contribution in [0.2, 0.25) is 0 Å². The van der Waals surface area contributed by atoms with Crippen molar-refractivity contribution in [3.8, 4) is 11.1 Å². The van der Waals surface area contributed by atoms with E-state index in [0.717, 1.165) is 72.1 Å². The lowest BCUT2D eigenvalue weighted by molar-refractivity contribution is 0.669. The van der Waals surface area contributed by atoms with E-state index in [9.17, 15) is 0 Å². The molecule has 9 aromatic rings. The second-order valence-corrected chi connectivity index (χ2v) is 10.9. The van der Waals surface area contributed by atoms with Gasteiger partial charge in [0, 0.05) is 39.2 Å². The normalized spacial score (nSPS) is 11.7. The van der Waals surface area contributed by atoms with Crippen molar-refractivity contribution in [3.63, 3.8) is 0 Å². The summed E-state index contributed by atoms with van der Waals surface area (Å²) < 4.78 is 13.1. The van der Waals surface area contributed by atoms with Crippen molar-refractivity contribution < 1.29 is 8.83 Å². The van der Waals surface area contributed by atoms with Gasteiger partial charge in [0.25, 0.3) is 0 Å². The number of fused-ring (bicyclic) bond motifs is 8. The molecule has 7 aromatic carbocycles. The summed E-state index contributed by atoms with van der Waals surface area (Å²) in [5, 5.41) is 6.82. The van der Waals surface area contributed by atoms with Crippen molar-refractivity contribution in [2.45, 2.75) is 0 Å². The first-order valence-corrected chi connectivity index (χ1v) is 14.5. The van der Waals surface area contributed by atoms with Gasteiger partial charge in [0.05, 0.1) is 11.1 Å². The lowest BCUT2D eigenvalue weighted by atomic mass is 9.96. The van der Waals surface area contributed by atoms with E-state index < -0.39 is 0 Å². The van der Waals surface area contributed by atoms with Crippen LogP contribution in [0, 0.1) is 0 Å². The molecule has 0 spiro atoms. The molecule has 0 amide bonds. The monoisotopic (exact) mass is 551 g/mol. The van der Waals surface area contributed by atoms with E-state index in [2.05, 4.69) is 132 Å². The van der Waals surface area contributed by atoms with Crippen LogP contribution in [-0.2, 0) is 0 Å². The van der Waals surface area contributed by atoms with Crippen molar-refractivity contribution in [1.82, 2.24) is 0 Å². The van der Waals surface area contributed by atoms with Crippen molar-refractivity contribution in [3.05, 3.63) is 152 Å². The Morgan fingerprint density at radius 1 is 0.419 bits per heavy atom. The molecule has 3 nitrogen and oxygen atoms in total. The molecule has 0 aliphatic rings. The molecule has 0 unspecified atom stereocenters. The summed E-state index contributed by atoms with van der Waals surface area (Å²) in [4.78, 5) is 2.30. The first kappa shape index (κ1) is 23.9. The van der Waals surface area contributed by atoms with Crippen LogP contribution in [0.15, 0.2) is 160 Å². The Kier molecular flexibility index (Phi) is 5.20. The van der Waals surface area contributed by atoms with E-state index in [1.807, 2.05) is 24.3 Å². The van der Waals surface area contributed by atoms with Gasteiger partial charge in [-0.3, -0.25) is 0 Å². The number of hydrogen-bond donors (Lipinski definition) is 0. The van der Waals surface area contributed by atoms with Crippen LogP contribution in [0.5, 0.6) is 0 Å². The number of para-hydroxylation sites is 2. The quantitative estimate of drug-likeness (QED) is 0.218. The van der Waals surface area contributed by atoms with E-state index in [0.29, 0.717) is 0 Å². The van der Waals surface area contributed by atoms with E-state index >= 15 is 0 Å². The number of rotatable bonds is 4. The molecule has 2 heterocycles. The average molecular weight is 552 g/mol. The number of anilines is 3. The Morgan fingerprint density at radius 2 is 1.12 bits per heavy atom.